The van der Waals surface area contributed by atoms with Crippen LogP contribution < -0.4 is 19.9 Å². The maximum Gasteiger partial charge on any atom is 0.179 e. The van der Waals surface area contributed by atoms with E-state index in [-0.39, 0.29) is 0 Å². The van der Waals surface area contributed by atoms with Gasteiger partial charge in [0.25, 0.3) is 0 Å². The topological polar surface area (TPSA) is 53.7 Å². The Morgan fingerprint density at radius 2 is 1.71 bits per heavy atom. The van der Waals surface area contributed by atoms with E-state index in [9.17, 15) is 0 Å². The number of hydrogen-bond acceptors (Lipinski definition) is 4. The van der Waals surface area contributed by atoms with Crippen LogP contribution in [0.5, 0.6) is 17.2 Å². The van der Waals surface area contributed by atoms with Gasteiger partial charge in [-0.1, -0.05) is 23.7 Å². The zero-order chi connectivity index (χ0) is 17.5. The van der Waals surface area contributed by atoms with Gasteiger partial charge in [0.05, 0.1) is 11.6 Å². The molecule has 2 aromatic rings. The first-order chi connectivity index (χ1) is 11.5. The molecule has 0 aliphatic heterocycles. The van der Waals surface area contributed by atoms with Crippen LogP contribution in [-0.2, 0) is 6.54 Å². The second-order valence-electron chi connectivity index (χ2n) is 5.51. The molecule has 0 radical (unpaired) electrons. The highest BCUT2D eigenvalue weighted by molar-refractivity contribution is 6.32. The molecule has 0 aliphatic rings. The van der Waals surface area contributed by atoms with E-state index in [1.807, 2.05) is 39.0 Å². The molecular formula is C19H24ClNO3. The van der Waals surface area contributed by atoms with Crippen molar-refractivity contribution in [3.8, 4) is 17.2 Å². The SMILES string of the molecule is CCOc1cc(CN)cc(Cl)c1OCCOc1cc(C)ccc1C. The minimum Gasteiger partial charge on any atom is -0.490 e. The summed E-state index contributed by atoms with van der Waals surface area (Å²) in [5, 5.41) is 0.494. The van der Waals surface area contributed by atoms with E-state index in [0.717, 1.165) is 22.4 Å². The molecule has 0 heterocycles. The molecule has 2 N–H and O–H groups in total. The Labute approximate surface area is 148 Å². The largest absolute Gasteiger partial charge is 0.490 e. The molecule has 0 spiro atoms. The Morgan fingerprint density at radius 1 is 0.958 bits per heavy atom. The highest BCUT2D eigenvalue weighted by atomic mass is 35.5. The zero-order valence-corrected chi connectivity index (χ0v) is 15.2. The van der Waals surface area contributed by atoms with Gasteiger partial charge in [-0.3, -0.25) is 0 Å². The molecule has 0 saturated heterocycles. The van der Waals surface area contributed by atoms with Crippen LogP contribution in [0.1, 0.15) is 23.6 Å². The van der Waals surface area contributed by atoms with Crippen LogP contribution in [0.25, 0.3) is 0 Å². The summed E-state index contributed by atoms with van der Waals surface area (Å²) >= 11 is 6.29. The molecule has 0 amide bonds. The minimum absolute atomic E-state index is 0.370. The Hall–Kier alpha value is -1.91. The lowest BCUT2D eigenvalue weighted by molar-refractivity contribution is 0.207. The van der Waals surface area contributed by atoms with Crippen LogP contribution in [0, 0.1) is 13.8 Å². The Morgan fingerprint density at radius 3 is 2.42 bits per heavy atom. The number of nitrogens with two attached hydrogens (primary N) is 1. The molecule has 0 fully saturated rings. The molecule has 0 unspecified atom stereocenters. The molecule has 24 heavy (non-hydrogen) atoms. The lowest BCUT2D eigenvalue weighted by atomic mass is 10.1. The van der Waals surface area contributed by atoms with Gasteiger partial charge in [-0.2, -0.15) is 0 Å². The molecule has 130 valence electrons. The monoisotopic (exact) mass is 349 g/mol. The maximum atomic E-state index is 6.29. The van der Waals surface area contributed by atoms with Crippen molar-refractivity contribution >= 4 is 11.6 Å². The van der Waals surface area contributed by atoms with E-state index >= 15 is 0 Å². The van der Waals surface area contributed by atoms with Crippen molar-refractivity contribution in [1.29, 1.82) is 0 Å². The van der Waals surface area contributed by atoms with E-state index in [1.54, 1.807) is 6.07 Å². The molecule has 0 saturated carbocycles. The molecule has 2 aromatic carbocycles. The maximum absolute atomic E-state index is 6.29. The minimum atomic E-state index is 0.370. The number of aryl methyl sites for hydroxylation is 2. The van der Waals surface area contributed by atoms with Crippen molar-refractivity contribution in [3.63, 3.8) is 0 Å². The molecular weight excluding hydrogens is 326 g/mol. The Balaban J connectivity index is 2.00. The predicted octanol–water partition coefficient (Wildman–Crippen LogP) is 4.27. The van der Waals surface area contributed by atoms with Crippen LogP contribution in [0.2, 0.25) is 5.02 Å². The lowest BCUT2D eigenvalue weighted by Crippen LogP contribution is -2.11. The van der Waals surface area contributed by atoms with Gasteiger partial charge in [0.2, 0.25) is 0 Å². The highest BCUT2D eigenvalue weighted by Gasteiger charge is 2.12. The second-order valence-corrected chi connectivity index (χ2v) is 5.92. The third-order valence-electron chi connectivity index (χ3n) is 3.54. The van der Waals surface area contributed by atoms with Crippen molar-refractivity contribution in [1.82, 2.24) is 0 Å². The van der Waals surface area contributed by atoms with Gasteiger partial charge in [0, 0.05) is 6.54 Å². The first kappa shape index (κ1) is 18.4. The molecule has 0 atom stereocenters. The summed E-state index contributed by atoms with van der Waals surface area (Å²) in [6, 6.07) is 9.78. The number of rotatable bonds is 8. The van der Waals surface area contributed by atoms with Crippen molar-refractivity contribution < 1.29 is 14.2 Å². The molecule has 0 bridgehead atoms. The summed E-state index contributed by atoms with van der Waals surface area (Å²) in [5.74, 6) is 2.01. The van der Waals surface area contributed by atoms with E-state index in [2.05, 4.69) is 6.07 Å². The molecule has 0 aliphatic carbocycles. The summed E-state index contributed by atoms with van der Waals surface area (Å²) in [6.45, 7) is 7.69. The lowest BCUT2D eigenvalue weighted by Gasteiger charge is -2.15. The first-order valence-electron chi connectivity index (χ1n) is 8.03. The summed E-state index contributed by atoms with van der Waals surface area (Å²) in [5.41, 5.74) is 8.84. The number of halogens is 1. The molecule has 2 rings (SSSR count). The number of hydrogen-bond donors (Lipinski definition) is 1. The van der Waals surface area contributed by atoms with Crippen LogP contribution in [-0.4, -0.2) is 19.8 Å². The summed E-state index contributed by atoms with van der Waals surface area (Å²) in [4.78, 5) is 0. The van der Waals surface area contributed by atoms with Gasteiger partial charge in [-0.05, 0) is 55.7 Å². The van der Waals surface area contributed by atoms with Gasteiger partial charge in [0.1, 0.15) is 19.0 Å². The normalized spacial score (nSPS) is 10.5. The fourth-order valence-corrected chi connectivity index (χ4v) is 2.59. The third-order valence-corrected chi connectivity index (χ3v) is 3.82. The summed E-state index contributed by atoms with van der Waals surface area (Å²) in [6.07, 6.45) is 0. The van der Waals surface area contributed by atoms with Gasteiger partial charge in [-0.25, -0.2) is 0 Å². The van der Waals surface area contributed by atoms with E-state index < -0.39 is 0 Å². The number of benzene rings is 2. The van der Waals surface area contributed by atoms with E-state index in [4.69, 9.17) is 31.5 Å². The Bertz CT molecular complexity index is 689. The number of ether oxygens (including phenoxy) is 3. The summed E-state index contributed by atoms with van der Waals surface area (Å²) in [7, 11) is 0. The molecule has 4 nitrogen and oxygen atoms in total. The van der Waals surface area contributed by atoms with E-state index in [0.29, 0.717) is 42.9 Å². The molecule has 5 heteroatoms. The Kier molecular flexibility index (Phi) is 6.76. The zero-order valence-electron chi connectivity index (χ0n) is 14.4. The first-order valence-corrected chi connectivity index (χ1v) is 8.41. The van der Waals surface area contributed by atoms with Crippen molar-refractivity contribution in [2.24, 2.45) is 5.73 Å². The van der Waals surface area contributed by atoms with Crippen molar-refractivity contribution in [2.45, 2.75) is 27.3 Å². The predicted molar refractivity (Wildman–Crippen MR) is 97.4 cm³/mol. The van der Waals surface area contributed by atoms with Gasteiger partial charge in [-0.15, -0.1) is 0 Å². The van der Waals surface area contributed by atoms with Gasteiger partial charge < -0.3 is 19.9 Å². The van der Waals surface area contributed by atoms with Gasteiger partial charge in [0.15, 0.2) is 11.5 Å². The van der Waals surface area contributed by atoms with Crippen LogP contribution in [0.3, 0.4) is 0 Å². The highest BCUT2D eigenvalue weighted by Crippen LogP contribution is 2.36. The second kappa shape index (κ2) is 8.81. The average molecular weight is 350 g/mol. The quantitative estimate of drug-likeness (QED) is 0.723. The fraction of sp³-hybridized carbons (Fsp3) is 0.368. The van der Waals surface area contributed by atoms with Crippen molar-refractivity contribution in [2.75, 3.05) is 19.8 Å². The fourth-order valence-electron chi connectivity index (χ4n) is 2.30. The van der Waals surface area contributed by atoms with Crippen molar-refractivity contribution in [3.05, 3.63) is 52.0 Å². The standard InChI is InChI=1S/C19H24ClNO3/c1-4-22-18-11-15(12-21)10-16(20)19(18)24-8-7-23-17-9-13(2)5-6-14(17)3/h5-6,9-11H,4,7-8,12,21H2,1-3H3. The van der Waals surface area contributed by atoms with Gasteiger partial charge >= 0.3 is 0 Å². The third kappa shape index (κ3) is 4.79. The van der Waals surface area contributed by atoms with E-state index in [1.165, 1.54) is 0 Å². The smallest absolute Gasteiger partial charge is 0.179 e. The van der Waals surface area contributed by atoms with Crippen LogP contribution in [0.15, 0.2) is 30.3 Å². The van der Waals surface area contributed by atoms with Crippen LogP contribution in [0.4, 0.5) is 0 Å². The average Bonchev–Trinajstić information content (AvgIpc) is 2.56. The molecule has 0 aromatic heterocycles. The van der Waals surface area contributed by atoms with Crippen LogP contribution >= 0.6 is 11.6 Å². The summed E-state index contributed by atoms with van der Waals surface area (Å²) < 4.78 is 17.2.